The van der Waals surface area contributed by atoms with Gasteiger partial charge in [0, 0.05) is 38.9 Å². The van der Waals surface area contributed by atoms with Gasteiger partial charge in [-0.1, -0.05) is 5.57 Å². The number of Topliss-reactive ketones (excluding diaryl/α,β-unsaturated/α-hetero) is 1. The van der Waals surface area contributed by atoms with E-state index in [9.17, 15) is 9.90 Å². The molecule has 0 aromatic rings. The number of ketones is 1. The molecule has 0 amide bonds. The zero-order valence-electron chi connectivity index (χ0n) is 11.4. The lowest BCUT2D eigenvalue weighted by molar-refractivity contribution is -0.239. The molecule has 4 nitrogen and oxygen atoms in total. The first-order valence-electron chi connectivity index (χ1n) is 6.47. The zero-order valence-corrected chi connectivity index (χ0v) is 11.4. The second-order valence-electron chi connectivity index (χ2n) is 5.46. The Bertz CT molecular complexity index is 381. The van der Waals surface area contributed by atoms with Gasteiger partial charge in [0.1, 0.15) is 0 Å². The van der Waals surface area contributed by atoms with Crippen LogP contribution in [0.5, 0.6) is 0 Å². The first-order valence-corrected chi connectivity index (χ1v) is 6.47. The van der Waals surface area contributed by atoms with Gasteiger partial charge in [-0.3, -0.25) is 4.79 Å². The quantitative estimate of drug-likeness (QED) is 0.780. The molecule has 0 aliphatic heterocycles. The van der Waals surface area contributed by atoms with E-state index < -0.39 is 5.79 Å². The van der Waals surface area contributed by atoms with Crippen LogP contribution in [0.15, 0.2) is 11.1 Å². The minimum atomic E-state index is -0.618. The summed E-state index contributed by atoms with van der Waals surface area (Å²) in [6.45, 7) is 1.94. The highest BCUT2D eigenvalue weighted by Crippen LogP contribution is 2.52. The summed E-state index contributed by atoms with van der Waals surface area (Å²) in [4.78, 5) is 11.8. The second-order valence-corrected chi connectivity index (χ2v) is 5.46. The fourth-order valence-electron chi connectivity index (χ4n) is 3.49. The second kappa shape index (κ2) is 4.76. The summed E-state index contributed by atoms with van der Waals surface area (Å²) in [5.74, 6) is -0.399. The molecule has 1 atom stereocenters. The molecular weight excluding hydrogens is 232 g/mol. The normalized spacial score (nSPS) is 31.4. The van der Waals surface area contributed by atoms with Gasteiger partial charge in [-0.2, -0.15) is 0 Å². The lowest BCUT2D eigenvalue weighted by atomic mass is 9.61. The number of carbonyl (C=O) groups excluding carboxylic acids is 1. The summed E-state index contributed by atoms with van der Waals surface area (Å²) in [6.07, 6.45) is 3.34. The van der Waals surface area contributed by atoms with Gasteiger partial charge in [-0.15, -0.1) is 0 Å². The van der Waals surface area contributed by atoms with Crippen LogP contribution in [0.3, 0.4) is 0 Å². The Balaban J connectivity index is 2.40. The highest BCUT2D eigenvalue weighted by atomic mass is 16.7. The minimum absolute atomic E-state index is 0.0570. The van der Waals surface area contributed by atoms with E-state index in [1.807, 2.05) is 6.92 Å². The molecule has 102 valence electrons. The number of methoxy groups -OCH3 is 2. The largest absolute Gasteiger partial charge is 0.395 e. The molecule has 0 unspecified atom stereocenters. The van der Waals surface area contributed by atoms with Crippen LogP contribution in [-0.4, -0.2) is 37.5 Å². The molecule has 2 aliphatic rings. The van der Waals surface area contributed by atoms with Crippen LogP contribution in [-0.2, 0) is 14.3 Å². The van der Waals surface area contributed by atoms with Gasteiger partial charge in [0.05, 0.1) is 6.61 Å². The van der Waals surface area contributed by atoms with Gasteiger partial charge < -0.3 is 14.6 Å². The van der Waals surface area contributed by atoms with E-state index in [0.717, 1.165) is 24.0 Å². The maximum absolute atomic E-state index is 11.8. The van der Waals surface area contributed by atoms with Crippen LogP contribution >= 0.6 is 0 Å². The molecule has 0 bridgehead atoms. The minimum Gasteiger partial charge on any atom is -0.395 e. The average molecular weight is 254 g/mol. The summed E-state index contributed by atoms with van der Waals surface area (Å²) in [5, 5.41) is 9.85. The number of allylic oxidation sites excluding steroid dienone is 1. The summed E-state index contributed by atoms with van der Waals surface area (Å²) in [7, 11) is 3.29. The summed E-state index contributed by atoms with van der Waals surface area (Å²) in [6, 6.07) is 0. The summed E-state index contributed by atoms with van der Waals surface area (Å²) < 4.78 is 11.1. The highest BCUT2D eigenvalue weighted by molar-refractivity contribution is 5.96. The van der Waals surface area contributed by atoms with Crippen LogP contribution in [0.4, 0.5) is 0 Å². The summed E-state index contributed by atoms with van der Waals surface area (Å²) >= 11 is 0. The molecule has 0 aromatic heterocycles. The van der Waals surface area contributed by atoms with Crippen LogP contribution in [0.1, 0.15) is 39.0 Å². The molecule has 0 radical (unpaired) electrons. The maximum atomic E-state index is 11.8. The van der Waals surface area contributed by atoms with Gasteiger partial charge in [0.2, 0.25) is 0 Å². The van der Waals surface area contributed by atoms with Gasteiger partial charge in [-0.05, 0) is 25.3 Å². The molecule has 0 saturated heterocycles. The molecule has 1 fully saturated rings. The predicted octanol–water partition coefficient (Wildman–Crippen LogP) is 1.82. The lowest BCUT2D eigenvalue weighted by Gasteiger charge is -2.49. The molecule has 1 saturated carbocycles. The van der Waals surface area contributed by atoms with Crippen LogP contribution < -0.4 is 0 Å². The van der Waals surface area contributed by atoms with E-state index in [1.54, 1.807) is 14.2 Å². The molecule has 0 heterocycles. The number of aliphatic hydroxyl groups excluding tert-OH is 1. The third-order valence-electron chi connectivity index (χ3n) is 4.75. The Morgan fingerprint density at radius 3 is 2.44 bits per heavy atom. The fraction of sp³-hybridized carbons (Fsp3) is 0.786. The van der Waals surface area contributed by atoms with Crippen molar-refractivity contribution in [2.45, 2.75) is 44.8 Å². The first kappa shape index (κ1) is 13.7. The number of aliphatic hydroxyl groups is 1. The first-order chi connectivity index (χ1) is 8.52. The molecule has 0 spiro atoms. The number of rotatable bonds is 3. The monoisotopic (exact) mass is 254 g/mol. The van der Waals surface area contributed by atoms with Crippen molar-refractivity contribution in [1.29, 1.82) is 0 Å². The number of hydrogen-bond acceptors (Lipinski definition) is 4. The molecule has 18 heavy (non-hydrogen) atoms. The number of carbonyl (C=O) groups is 1. The fourth-order valence-corrected chi connectivity index (χ4v) is 3.49. The predicted molar refractivity (Wildman–Crippen MR) is 67.1 cm³/mol. The Labute approximate surface area is 108 Å². The van der Waals surface area contributed by atoms with Crippen molar-refractivity contribution in [2.24, 2.45) is 5.41 Å². The Kier molecular flexibility index (Phi) is 3.63. The Morgan fingerprint density at radius 1 is 1.22 bits per heavy atom. The van der Waals surface area contributed by atoms with E-state index in [1.165, 1.54) is 0 Å². The lowest BCUT2D eigenvalue weighted by Crippen LogP contribution is -2.49. The van der Waals surface area contributed by atoms with Gasteiger partial charge in [0.25, 0.3) is 0 Å². The third-order valence-corrected chi connectivity index (χ3v) is 4.75. The standard InChI is InChI=1S/C14H22O4/c1-10-11-4-7-14(17-2,18-3)8-13(11,9-15)6-5-12(10)16/h15H,4-9H2,1-3H3/t13-/m1/s1. The topological polar surface area (TPSA) is 55.8 Å². The molecule has 4 heteroatoms. The Morgan fingerprint density at radius 2 is 1.89 bits per heavy atom. The van der Waals surface area contributed by atoms with E-state index in [0.29, 0.717) is 19.3 Å². The third kappa shape index (κ3) is 1.92. The van der Waals surface area contributed by atoms with Crippen LogP contribution in [0, 0.1) is 5.41 Å². The van der Waals surface area contributed by atoms with E-state index in [2.05, 4.69) is 0 Å². The van der Waals surface area contributed by atoms with E-state index >= 15 is 0 Å². The zero-order chi connectivity index (χ0) is 13.4. The average Bonchev–Trinajstić information content (AvgIpc) is 2.42. The number of fused-ring (bicyclic) bond motifs is 1. The maximum Gasteiger partial charge on any atom is 0.168 e. The van der Waals surface area contributed by atoms with E-state index in [4.69, 9.17) is 9.47 Å². The number of hydrogen-bond donors (Lipinski definition) is 1. The van der Waals surface area contributed by atoms with Crippen molar-refractivity contribution in [3.63, 3.8) is 0 Å². The SMILES string of the molecule is COC1(OC)CCC2=C(C)C(=O)CC[C@]2(CO)C1. The van der Waals surface area contributed by atoms with Crippen molar-refractivity contribution in [1.82, 2.24) is 0 Å². The van der Waals surface area contributed by atoms with Gasteiger partial charge >= 0.3 is 0 Å². The van der Waals surface area contributed by atoms with Crippen LogP contribution in [0.25, 0.3) is 0 Å². The van der Waals surface area contributed by atoms with E-state index in [-0.39, 0.29) is 17.8 Å². The van der Waals surface area contributed by atoms with Crippen LogP contribution in [0.2, 0.25) is 0 Å². The molecule has 2 aliphatic carbocycles. The van der Waals surface area contributed by atoms with Crippen molar-refractivity contribution in [3.05, 3.63) is 11.1 Å². The number of ether oxygens (including phenoxy) is 2. The molecule has 2 rings (SSSR count). The highest BCUT2D eigenvalue weighted by Gasteiger charge is 2.50. The Hall–Kier alpha value is -0.710. The molecule has 0 aromatic carbocycles. The van der Waals surface area contributed by atoms with Crippen molar-refractivity contribution in [2.75, 3.05) is 20.8 Å². The van der Waals surface area contributed by atoms with Gasteiger partial charge in [-0.25, -0.2) is 0 Å². The van der Waals surface area contributed by atoms with Crippen molar-refractivity contribution >= 4 is 5.78 Å². The van der Waals surface area contributed by atoms with Gasteiger partial charge in [0.15, 0.2) is 11.6 Å². The molecular formula is C14H22O4. The smallest absolute Gasteiger partial charge is 0.168 e. The van der Waals surface area contributed by atoms with Crippen molar-refractivity contribution in [3.8, 4) is 0 Å². The molecule has 1 N–H and O–H groups in total. The summed E-state index contributed by atoms with van der Waals surface area (Å²) in [5.41, 5.74) is 1.63. The van der Waals surface area contributed by atoms with Crippen molar-refractivity contribution < 1.29 is 19.4 Å².